The summed E-state index contributed by atoms with van der Waals surface area (Å²) in [5.74, 6) is 0.980. The van der Waals surface area contributed by atoms with Gasteiger partial charge in [-0.1, -0.05) is 11.6 Å². The first-order chi connectivity index (χ1) is 8.15. The van der Waals surface area contributed by atoms with Crippen LogP contribution in [0.4, 0.5) is 5.95 Å². The molecule has 2 rings (SSSR count). The van der Waals surface area contributed by atoms with Crippen molar-refractivity contribution in [3.63, 3.8) is 0 Å². The molecule has 0 spiro atoms. The third-order valence-electron chi connectivity index (χ3n) is 2.24. The molecule has 0 aliphatic rings. The Kier molecular flexibility index (Phi) is 3.44. The van der Waals surface area contributed by atoms with Crippen LogP contribution in [-0.2, 0) is 0 Å². The number of aromatic nitrogens is 2. The summed E-state index contributed by atoms with van der Waals surface area (Å²) in [7, 11) is 0. The largest absolute Gasteiger partial charge is 0.484 e. The van der Waals surface area contributed by atoms with Crippen molar-refractivity contribution in [1.29, 1.82) is 0 Å². The van der Waals surface area contributed by atoms with Crippen LogP contribution in [-0.4, -0.2) is 9.97 Å². The number of ether oxygens (including phenoxy) is 1. The normalized spacial score (nSPS) is 12.1. The van der Waals surface area contributed by atoms with E-state index in [1.54, 1.807) is 24.4 Å². The molecule has 0 fully saturated rings. The van der Waals surface area contributed by atoms with Crippen molar-refractivity contribution in [3.8, 4) is 5.75 Å². The highest BCUT2D eigenvalue weighted by molar-refractivity contribution is 6.30. The number of halogens is 1. The molecular formula is C12H12ClN3O. The minimum atomic E-state index is -0.193. The lowest BCUT2D eigenvalue weighted by atomic mass is 10.2. The first kappa shape index (κ1) is 11.7. The van der Waals surface area contributed by atoms with Crippen LogP contribution in [0.1, 0.15) is 18.7 Å². The third kappa shape index (κ3) is 3.07. The van der Waals surface area contributed by atoms with E-state index >= 15 is 0 Å². The number of rotatable bonds is 3. The Balaban J connectivity index is 2.11. The molecule has 1 heterocycles. The Morgan fingerprint density at radius 1 is 1.24 bits per heavy atom. The predicted molar refractivity (Wildman–Crippen MR) is 66.9 cm³/mol. The summed E-state index contributed by atoms with van der Waals surface area (Å²) >= 11 is 5.79. The lowest BCUT2D eigenvalue weighted by Gasteiger charge is -2.14. The van der Waals surface area contributed by atoms with Crippen molar-refractivity contribution >= 4 is 17.5 Å². The summed E-state index contributed by atoms with van der Waals surface area (Å²) < 4.78 is 5.71. The first-order valence-corrected chi connectivity index (χ1v) is 5.53. The van der Waals surface area contributed by atoms with Gasteiger partial charge in [-0.05, 0) is 37.3 Å². The SMILES string of the molecule is C[C@@H](Oc1ccc(Cl)cc1)c1ccnc(N)n1. The Morgan fingerprint density at radius 2 is 1.94 bits per heavy atom. The summed E-state index contributed by atoms with van der Waals surface area (Å²) in [5.41, 5.74) is 6.26. The number of hydrogen-bond donors (Lipinski definition) is 1. The highest BCUT2D eigenvalue weighted by atomic mass is 35.5. The average Bonchev–Trinajstić information content (AvgIpc) is 2.32. The molecular weight excluding hydrogens is 238 g/mol. The van der Waals surface area contributed by atoms with E-state index in [2.05, 4.69) is 9.97 Å². The number of nitrogens with zero attached hydrogens (tertiary/aromatic N) is 2. The van der Waals surface area contributed by atoms with Gasteiger partial charge in [0, 0.05) is 11.2 Å². The van der Waals surface area contributed by atoms with Gasteiger partial charge in [-0.3, -0.25) is 0 Å². The number of nitrogens with two attached hydrogens (primary N) is 1. The minimum Gasteiger partial charge on any atom is -0.484 e. The molecule has 0 aliphatic carbocycles. The van der Waals surface area contributed by atoms with Crippen molar-refractivity contribution in [1.82, 2.24) is 9.97 Å². The van der Waals surface area contributed by atoms with Crippen LogP contribution in [0.25, 0.3) is 0 Å². The van der Waals surface area contributed by atoms with E-state index in [0.29, 0.717) is 5.02 Å². The molecule has 0 saturated carbocycles. The molecule has 2 aromatic rings. The van der Waals surface area contributed by atoms with Gasteiger partial charge >= 0.3 is 0 Å². The van der Waals surface area contributed by atoms with E-state index in [1.807, 2.05) is 19.1 Å². The van der Waals surface area contributed by atoms with E-state index in [4.69, 9.17) is 22.1 Å². The van der Waals surface area contributed by atoms with Crippen LogP contribution in [0.3, 0.4) is 0 Å². The van der Waals surface area contributed by atoms with Crippen LogP contribution in [0, 0.1) is 0 Å². The van der Waals surface area contributed by atoms with Gasteiger partial charge < -0.3 is 10.5 Å². The summed E-state index contributed by atoms with van der Waals surface area (Å²) in [6.45, 7) is 1.90. The second kappa shape index (κ2) is 5.01. The van der Waals surface area contributed by atoms with Gasteiger partial charge in [0.15, 0.2) is 0 Å². The molecule has 4 nitrogen and oxygen atoms in total. The molecule has 2 N–H and O–H groups in total. The van der Waals surface area contributed by atoms with Crippen molar-refractivity contribution in [2.24, 2.45) is 0 Å². The maximum Gasteiger partial charge on any atom is 0.220 e. The third-order valence-corrected chi connectivity index (χ3v) is 2.49. The maximum atomic E-state index is 5.79. The summed E-state index contributed by atoms with van der Waals surface area (Å²) in [6.07, 6.45) is 1.42. The van der Waals surface area contributed by atoms with Crippen molar-refractivity contribution in [2.45, 2.75) is 13.0 Å². The Labute approximate surface area is 104 Å². The fourth-order valence-corrected chi connectivity index (χ4v) is 1.52. The van der Waals surface area contributed by atoms with Crippen molar-refractivity contribution in [2.75, 3.05) is 5.73 Å². The summed E-state index contributed by atoms with van der Waals surface area (Å²) in [4.78, 5) is 7.94. The molecule has 1 aromatic heterocycles. The Morgan fingerprint density at radius 3 is 2.59 bits per heavy atom. The second-order valence-corrected chi connectivity index (χ2v) is 3.99. The lowest BCUT2D eigenvalue weighted by molar-refractivity contribution is 0.222. The highest BCUT2D eigenvalue weighted by Crippen LogP contribution is 2.22. The zero-order valence-corrected chi connectivity index (χ0v) is 10.1. The standard InChI is InChI=1S/C12H12ClN3O/c1-8(11-6-7-15-12(14)16-11)17-10-4-2-9(13)3-5-10/h2-8H,1H3,(H2,14,15,16)/t8-/m1/s1. The van der Waals surface area contributed by atoms with Gasteiger partial charge in [0.2, 0.25) is 5.95 Å². The summed E-state index contributed by atoms with van der Waals surface area (Å²) in [5, 5.41) is 0.677. The Bertz CT molecular complexity index is 501. The van der Waals surface area contributed by atoms with Gasteiger partial charge in [-0.15, -0.1) is 0 Å². The van der Waals surface area contributed by atoms with Crippen LogP contribution in [0.5, 0.6) is 5.75 Å². The van der Waals surface area contributed by atoms with Crippen molar-refractivity contribution in [3.05, 3.63) is 47.2 Å². The molecule has 0 bridgehead atoms. The van der Waals surface area contributed by atoms with Crippen LogP contribution in [0.2, 0.25) is 5.02 Å². The second-order valence-electron chi connectivity index (χ2n) is 3.55. The molecule has 0 saturated heterocycles. The smallest absolute Gasteiger partial charge is 0.220 e. The molecule has 1 atom stereocenters. The average molecular weight is 250 g/mol. The monoisotopic (exact) mass is 249 g/mol. The first-order valence-electron chi connectivity index (χ1n) is 5.16. The van der Waals surface area contributed by atoms with Gasteiger partial charge in [-0.2, -0.15) is 0 Å². The number of hydrogen-bond acceptors (Lipinski definition) is 4. The van der Waals surface area contributed by atoms with Gasteiger partial charge in [0.25, 0.3) is 0 Å². The molecule has 88 valence electrons. The van der Waals surface area contributed by atoms with Gasteiger partial charge in [0.1, 0.15) is 11.9 Å². The Hall–Kier alpha value is -1.81. The van der Waals surface area contributed by atoms with E-state index < -0.39 is 0 Å². The number of anilines is 1. The zero-order valence-electron chi connectivity index (χ0n) is 9.30. The molecule has 17 heavy (non-hydrogen) atoms. The minimum absolute atomic E-state index is 0.193. The quantitative estimate of drug-likeness (QED) is 0.909. The van der Waals surface area contributed by atoms with Crippen LogP contribution in [0.15, 0.2) is 36.5 Å². The summed E-state index contributed by atoms with van der Waals surface area (Å²) in [6, 6.07) is 8.94. The predicted octanol–water partition coefficient (Wildman–Crippen LogP) is 2.85. The van der Waals surface area contributed by atoms with Crippen LogP contribution < -0.4 is 10.5 Å². The molecule has 0 aliphatic heterocycles. The lowest BCUT2D eigenvalue weighted by Crippen LogP contribution is -2.07. The fourth-order valence-electron chi connectivity index (χ4n) is 1.39. The molecule has 0 amide bonds. The van der Waals surface area contributed by atoms with Gasteiger partial charge in [-0.25, -0.2) is 9.97 Å². The fraction of sp³-hybridized carbons (Fsp3) is 0.167. The molecule has 0 unspecified atom stereocenters. The number of nitrogen functional groups attached to an aromatic ring is 1. The topological polar surface area (TPSA) is 61.0 Å². The van der Waals surface area contributed by atoms with Crippen molar-refractivity contribution < 1.29 is 4.74 Å². The zero-order chi connectivity index (χ0) is 12.3. The van der Waals surface area contributed by atoms with E-state index in [0.717, 1.165) is 11.4 Å². The van der Waals surface area contributed by atoms with Gasteiger partial charge in [0.05, 0.1) is 5.69 Å². The highest BCUT2D eigenvalue weighted by Gasteiger charge is 2.09. The molecule has 1 aromatic carbocycles. The van der Waals surface area contributed by atoms with E-state index in [1.165, 1.54) is 0 Å². The molecule has 0 radical (unpaired) electrons. The number of benzene rings is 1. The van der Waals surface area contributed by atoms with E-state index in [-0.39, 0.29) is 12.1 Å². The van der Waals surface area contributed by atoms with E-state index in [9.17, 15) is 0 Å². The molecule has 5 heteroatoms. The van der Waals surface area contributed by atoms with Crippen LogP contribution >= 0.6 is 11.6 Å². The maximum absolute atomic E-state index is 5.79.